The minimum absolute atomic E-state index is 0.196. The molecule has 1 amide bonds. The van der Waals surface area contributed by atoms with E-state index in [0.29, 0.717) is 0 Å². The fourth-order valence-corrected chi connectivity index (χ4v) is 2.75. The molecule has 1 aliphatic rings. The lowest BCUT2D eigenvalue weighted by Gasteiger charge is -2.36. The summed E-state index contributed by atoms with van der Waals surface area (Å²) in [4.78, 5) is 14.6. The van der Waals surface area contributed by atoms with Crippen LogP contribution < -0.4 is 5.73 Å². The van der Waals surface area contributed by atoms with Gasteiger partial charge in [0.05, 0.1) is 5.41 Å². The summed E-state index contributed by atoms with van der Waals surface area (Å²) in [5, 5.41) is 0. The van der Waals surface area contributed by atoms with Gasteiger partial charge in [0.1, 0.15) is 0 Å². The van der Waals surface area contributed by atoms with Crippen molar-refractivity contribution in [3.8, 4) is 0 Å². The van der Waals surface area contributed by atoms with Gasteiger partial charge in [-0.2, -0.15) is 0 Å². The van der Waals surface area contributed by atoms with Crippen molar-refractivity contribution in [3.63, 3.8) is 0 Å². The molecule has 0 aliphatic carbocycles. The molecule has 0 aromatic heterocycles. The lowest BCUT2D eigenvalue weighted by atomic mass is 9.82. The zero-order chi connectivity index (χ0) is 14.0. The topological polar surface area (TPSA) is 46.3 Å². The van der Waals surface area contributed by atoms with Crippen molar-refractivity contribution >= 4 is 21.8 Å². The van der Waals surface area contributed by atoms with E-state index in [0.717, 1.165) is 36.0 Å². The molecule has 0 radical (unpaired) electrons. The second kappa shape index (κ2) is 5.63. The van der Waals surface area contributed by atoms with E-state index in [1.54, 1.807) is 0 Å². The van der Waals surface area contributed by atoms with E-state index in [9.17, 15) is 4.79 Å². The fourth-order valence-electron chi connectivity index (χ4n) is 2.49. The van der Waals surface area contributed by atoms with Gasteiger partial charge >= 0.3 is 0 Å². The van der Waals surface area contributed by atoms with Gasteiger partial charge in [-0.3, -0.25) is 4.79 Å². The Bertz CT molecular complexity index is 448. The molecule has 0 spiro atoms. The SMILES string of the molecule is CC(C)(C(=O)N1CCC(N)CC1)c1ccc(Br)cc1. The molecule has 2 N–H and O–H groups in total. The molecule has 1 saturated heterocycles. The molecule has 19 heavy (non-hydrogen) atoms. The number of carbonyl (C=O) groups is 1. The Morgan fingerprint density at radius 1 is 1.26 bits per heavy atom. The summed E-state index contributed by atoms with van der Waals surface area (Å²) in [7, 11) is 0. The smallest absolute Gasteiger partial charge is 0.232 e. The Morgan fingerprint density at radius 2 is 1.79 bits per heavy atom. The molecule has 1 fully saturated rings. The van der Waals surface area contributed by atoms with Gasteiger partial charge < -0.3 is 10.6 Å². The number of hydrogen-bond acceptors (Lipinski definition) is 2. The number of nitrogens with zero attached hydrogens (tertiary/aromatic N) is 1. The van der Waals surface area contributed by atoms with Crippen LogP contribution in [0.4, 0.5) is 0 Å². The lowest BCUT2D eigenvalue weighted by molar-refractivity contribution is -0.137. The first-order chi connectivity index (χ1) is 8.91. The van der Waals surface area contributed by atoms with Crippen LogP contribution in [0.25, 0.3) is 0 Å². The highest BCUT2D eigenvalue weighted by atomic mass is 79.9. The number of hydrogen-bond donors (Lipinski definition) is 1. The van der Waals surface area contributed by atoms with E-state index >= 15 is 0 Å². The van der Waals surface area contributed by atoms with Crippen molar-refractivity contribution in [3.05, 3.63) is 34.3 Å². The summed E-state index contributed by atoms with van der Waals surface area (Å²) in [6.45, 7) is 5.54. The molecule has 1 heterocycles. The fraction of sp³-hybridized carbons (Fsp3) is 0.533. The van der Waals surface area contributed by atoms with E-state index in [1.165, 1.54) is 0 Å². The molecule has 0 saturated carbocycles. The maximum Gasteiger partial charge on any atom is 0.232 e. The maximum absolute atomic E-state index is 12.7. The third kappa shape index (κ3) is 3.18. The zero-order valence-electron chi connectivity index (χ0n) is 11.5. The number of amides is 1. The van der Waals surface area contributed by atoms with Crippen LogP contribution in [0.5, 0.6) is 0 Å². The van der Waals surface area contributed by atoms with Crippen LogP contribution in [0.1, 0.15) is 32.3 Å². The molecule has 1 aromatic carbocycles. The van der Waals surface area contributed by atoms with E-state index in [1.807, 2.05) is 43.0 Å². The Hall–Kier alpha value is -0.870. The third-order valence-corrected chi connectivity index (χ3v) is 4.46. The van der Waals surface area contributed by atoms with Gasteiger partial charge in [-0.1, -0.05) is 28.1 Å². The van der Waals surface area contributed by atoms with Crippen LogP contribution in [0, 0.1) is 0 Å². The first-order valence-corrected chi connectivity index (χ1v) is 7.51. The molecule has 0 bridgehead atoms. The third-order valence-electron chi connectivity index (χ3n) is 3.93. The lowest BCUT2D eigenvalue weighted by Crippen LogP contribution is -2.49. The standard InChI is InChI=1S/C15H21BrN2O/c1-15(2,11-3-5-12(16)6-4-11)14(19)18-9-7-13(17)8-10-18/h3-6,13H,7-10,17H2,1-2H3. The molecule has 0 atom stereocenters. The average molecular weight is 325 g/mol. The number of nitrogens with two attached hydrogens (primary N) is 1. The molecule has 4 heteroatoms. The van der Waals surface area contributed by atoms with Gasteiger partial charge in [-0.05, 0) is 44.4 Å². The van der Waals surface area contributed by atoms with Crippen molar-refractivity contribution < 1.29 is 4.79 Å². The molecule has 1 aliphatic heterocycles. The number of rotatable bonds is 2. The van der Waals surface area contributed by atoms with Gasteiger partial charge in [0.15, 0.2) is 0 Å². The van der Waals surface area contributed by atoms with Crippen LogP contribution in [-0.2, 0) is 10.2 Å². The quantitative estimate of drug-likeness (QED) is 0.909. The van der Waals surface area contributed by atoms with E-state index in [4.69, 9.17) is 5.73 Å². The zero-order valence-corrected chi connectivity index (χ0v) is 13.1. The first-order valence-electron chi connectivity index (χ1n) is 6.72. The number of piperidine rings is 1. The summed E-state index contributed by atoms with van der Waals surface area (Å²) in [5.41, 5.74) is 6.46. The van der Waals surface area contributed by atoms with Crippen LogP contribution in [0.15, 0.2) is 28.7 Å². The van der Waals surface area contributed by atoms with Gasteiger partial charge in [-0.25, -0.2) is 0 Å². The molecule has 104 valence electrons. The Labute approximate surface area is 123 Å². The Balaban J connectivity index is 2.14. The van der Waals surface area contributed by atoms with Crippen molar-refractivity contribution in [2.24, 2.45) is 5.73 Å². The monoisotopic (exact) mass is 324 g/mol. The minimum atomic E-state index is -0.484. The van der Waals surface area contributed by atoms with Crippen LogP contribution in [0.3, 0.4) is 0 Å². The minimum Gasteiger partial charge on any atom is -0.342 e. The Kier molecular flexibility index (Phi) is 4.31. The molecular weight excluding hydrogens is 304 g/mol. The van der Waals surface area contributed by atoms with Crippen molar-refractivity contribution in [1.82, 2.24) is 4.90 Å². The average Bonchev–Trinajstić information content (AvgIpc) is 2.39. The summed E-state index contributed by atoms with van der Waals surface area (Å²) < 4.78 is 1.03. The number of likely N-dealkylation sites (tertiary alicyclic amines) is 1. The summed E-state index contributed by atoms with van der Waals surface area (Å²) in [5.74, 6) is 0.196. The van der Waals surface area contributed by atoms with Crippen LogP contribution in [0.2, 0.25) is 0 Å². The molecule has 2 rings (SSSR count). The Morgan fingerprint density at radius 3 is 2.32 bits per heavy atom. The van der Waals surface area contributed by atoms with Crippen LogP contribution in [-0.4, -0.2) is 29.9 Å². The van der Waals surface area contributed by atoms with Crippen LogP contribution >= 0.6 is 15.9 Å². The van der Waals surface area contributed by atoms with Crippen molar-refractivity contribution in [2.45, 2.75) is 38.1 Å². The number of carbonyl (C=O) groups excluding carboxylic acids is 1. The number of benzene rings is 1. The predicted molar refractivity (Wildman–Crippen MR) is 81.0 cm³/mol. The largest absolute Gasteiger partial charge is 0.342 e. The van der Waals surface area contributed by atoms with Gasteiger partial charge in [0.25, 0.3) is 0 Å². The highest BCUT2D eigenvalue weighted by Crippen LogP contribution is 2.28. The van der Waals surface area contributed by atoms with Crippen molar-refractivity contribution in [2.75, 3.05) is 13.1 Å². The predicted octanol–water partition coefficient (Wildman–Crippen LogP) is 2.68. The number of halogens is 1. The van der Waals surface area contributed by atoms with E-state index < -0.39 is 5.41 Å². The normalized spacial score (nSPS) is 17.6. The molecule has 1 aromatic rings. The second-order valence-corrected chi connectivity index (χ2v) is 6.68. The molecule has 0 unspecified atom stereocenters. The first kappa shape index (κ1) is 14.5. The summed E-state index contributed by atoms with van der Waals surface area (Å²) >= 11 is 3.42. The van der Waals surface area contributed by atoms with Gasteiger partial charge in [0, 0.05) is 23.6 Å². The second-order valence-electron chi connectivity index (χ2n) is 5.76. The summed E-state index contributed by atoms with van der Waals surface area (Å²) in [6.07, 6.45) is 1.81. The van der Waals surface area contributed by atoms with E-state index in [-0.39, 0.29) is 11.9 Å². The van der Waals surface area contributed by atoms with E-state index in [2.05, 4.69) is 15.9 Å². The highest BCUT2D eigenvalue weighted by Gasteiger charge is 2.34. The molecule has 3 nitrogen and oxygen atoms in total. The highest BCUT2D eigenvalue weighted by molar-refractivity contribution is 9.10. The summed E-state index contributed by atoms with van der Waals surface area (Å²) in [6, 6.07) is 8.24. The van der Waals surface area contributed by atoms with Gasteiger partial charge in [0.2, 0.25) is 5.91 Å². The maximum atomic E-state index is 12.7. The molecular formula is C15H21BrN2O. The van der Waals surface area contributed by atoms with Gasteiger partial charge in [-0.15, -0.1) is 0 Å². The van der Waals surface area contributed by atoms with Crippen molar-refractivity contribution in [1.29, 1.82) is 0 Å².